The fraction of sp³-hybridized carbons (Fsp3) is 0.484. The van der Waals surface area contributed by atoms with Crippen LogP contribution in [-0.4, -0.2) is 62.1 Å². The number of benzene rings is 2. The van der Waals surface area contributed by atoms with Gasteiger partial charge in [-0.25, -0.2) is 9.55 Å². The first-order valence-corrected chi connectivity index (χ1v) is 17.0. The maximum atomic E-state index is 14.5. The number of carbonyl (C=O) groups excluding carboxylic acids is 1. The lowest BCUT2D eigenvalue weighted by molar-refractivity contribution is -0.146. The molecule has 0 radical (unpaired) electrons. The Morgan fingerprint density at radius 2 is 2.00 bits per heavy atom. The van der Waals surface area contributed by atoms with Crippen molar-refractivity contribution in [3.8, 4) is 5.75 Å². The minimum absolute atomic E-state index is 0.0495. The first-order chi connectivity index (χ1) is 22.1. The van der Waals surface area contributed by atoms with E-state index in [2.05, 4.69) is 27.0 Å². The third kappa shape index (κ3) is 7.99. The van der Waals surface area contributed by atoms with Crippen LogP contribution in [0.1, 0.15) is 59.1 Å². The van der Waals surface area contributed by atoms with Gasteiger partial charge in [-0.05, 0) is 30.2 Å². The molecule has 0 amide bonds. The second kappa shape index (κ2) is 14.8. The molecule has 248 valence electrons. The lowest BCUT2D eigenvalue weighted by atomic mass is 10.1. The molecule has 4 N–H and O–H groups in total. The maximum Gasteiger partial charge on any atom is 0.459 e. The molecule has 1 saturated heterocycles. The van der Waals surface area contributed by atoms with Gasteiger partial charge in [0.25, 0.3) is 0 Å². The summed E-state index contributed by atoms with van der Waals surface area (Å²) in [6.45, 7) is 5.90. The zero-order chi connectivity index (χ0) is 32.8. The van der Waals surface area contributed by atoms with Gasteiger partial charge in [-0.3, -0.25) is 13.9 Å². The highest BCUT2D eigenvalue weighted by Crippen LogP contribution is 2.48. The van der Waals surface area contributed by atoms with Crippen molar-refractivity contribution >= 4 is 41.5 Å². The van der Waals surface area contributed by atoms with Crippen molar-refractivity contribution in [3.63, 3.8) is 0 Å². The van der Waals surface area contributed by atoms with E-state index in [9.17, 15) is 18.9 Å². The summed E-state index contributed by atoms with van der Waals surface area (Å²) in [5.74, 6) is -0.356. The van der Waals surface area contributed by atoms with Gasteiger partial charge in [0, 0.05) is 11.8 Å². The molecule has 5 rings (SSSR count). The van der Waals surface area contributed by atoms with Crippen LogP contribution in [0.15, 0.2) is 48.8 Å². The SMILES string of the molecule is CCCCCOC(=O)[C@H](CC(C)C)NP(=O)(OC[C@@H]1C[C@H](O)[C@H](n2cnc3c(N)nc(F)nc32)O1)Oc1cccc2ccccc12. The van der Waals surface area contributed by atoms with Crippen LogP contribution in [0.5, 0.6) is 5.75 Å². The minimum Gasteiger partial charge on any atom is -0.465 e. The molecular weight excluding hydrogens is 618 g/mol. The number of rotatable bonds is 15. The summed E-state index contributed by atoms with van der Waals surface area (Å²) in [5.41, 5.74) is 5.99. The molecule has 13 nitrogen and oxygen atoms in total. The number of unbranched alkanes of at least 4 members (excludes halogenated alkanes) is 2. The number of nitrogens with one attached hydrogen (secondary N) is 1. The number of aliphatic hydroxyl groups excluding tert-OH is 1. The van der Waals surface area contributed by atoms with Gasteiger partial charge >= 0.3 is 19.8 Å². The predicted octanol–water partition coefficient (Wildman–Crippen LogP) is 5.29. The van der Waals surface area contributed by atoms with Gasteiger partial charge in [0.15, 0.2) is 23.2 Å². The summed E-state index contributed by atoms with van der Waals surface area (Å²) < 4.78 is 53.5. The second-order valence-electron chi connectivity index (χ2n) is 11.7. The first kappa shape index (κ1) is 33.7. The zero-order valence-electron chi connectivity index (χ0n) is 26.0. The number of esters is 1. The highest BCUT2D eigenvalue weighted by molar-refractivity contribution is 7.52. The van der Waals surface area contributed by atoms with Crippen molar-refractivity contribution in [1.29, 1.82) is 0 Å². The van der Waals surface area contributed by atoms with Crippen LogP contribution >= 0.6 is 7.75 Å². The van der Waals surface area contributed by atoms with Crippen LogP contribution < -0.4 is 15.3 Å². The van der Waals surface area contributed by atoms with Crippen molar-refractivity contribution in [3.05, 3.63) is 54.9 Å². The number of nitrogen functional groups attached to an aromatic ring is 1. The number of hydrogen-bond acceptors (Lipinski definition) is 11. The molecule has 3 heterocycles. The molecule has 0 spiro atoms. The molecule has 1 unspecified atom stereocenters. The molecular formula is C31H40FN6O7P. The van der Waals surface area contributed by atoms with Crippen molar-refractivity contribution in [2.45, 2.75) is 77.4 Å². The topological polar surface area (TPSA) is 173 Å². The Balaban J connectivity index is 1.37. The van der Waals surface area contributed by atoms with Gasteiger partial charge in [0.1, 0.15) is 17.9 Å². The Bertz CT molecular complexity index is 1700. The molecule has 1 fully saturated rings. The van der Waals surface area contributed by atoms with Crippen LogP contribution in [0.25, 0.3) is 21.9 Å². The Kier molecular flexibility index (Phi) is 10.9. The number of halogens is 1. The summed E-state index contributed by atoms with van der Waals surface area (Å²) >= 11 is 0. The highest BCUT2D eigenvalue weighted by Gasteiger charge is 2.40. The molecule has 1 aliphatic rings. The average molecular weight is 659 g/mol. The van der Waals surface area contributed by atoms with E-state index in [-0.39, 0.29) is 42.5 Å². The summed E-state index contributed by atoms with van der Waals surface area (Å²) in [4.78, 5) is 24.6. The van der Waals surface area contributed by atoms with Crippen LogP contribution in [0.2, 0.25) is 0 Å². The first-order valence-electron chi connectivity index (χ1n) is 15.4. The standard InChI is InChI=1S/C31H40FN6O7P/c1-4-5-8-14-42-30(40)23(15-19(2)3)37-46(41,45-25-13-9-11-20-10-6-7-12-22(20)25)43-17-21-16-24(39)29(44-21)38-18-34-26-27(33)35-31(32)36-28(26)38/h6-7,9-13,18-19,21,23-24,29,39H,4-5,8,14-17H2,1-3H3,(H,37,41)(H2,33,35,36)/t21-,23-,24-,29+,46?/m0/s1. The number of hydrogen-bond donors (Lipinski definition) is 3. The van der Waals surface area contributed by atoms with Gasteiger partial charge in [-0.15, -0.1) is 0 Å². The van der Waals surface area contributed by atoms with Gasteiger partial charge in [0.2, 0.25) is 0 Å². The lowest BCUT2D eigenvalue weighted by Gasteiger charge is -2.27. The molecule has 2 aromatic carbocycles. The molecule has 46 heavy (non-hydrogen) atoms. The number of carbonyl (C=O) groups is 1. The number of ether oxygens (including phenoxy) is 2. The highest BCUT2D eigenvalue weighted by atomic mass is 31.2. The second-order valence-corrected chi connectivity index (χ2v) is 13.4. The van der Waals surface area contributed by atoms with Crippen molar-refractivity contribution in [1.82, 2.24) is 24.6 Å². The van der Waals surface area contributed by atoms with Crippen LogP contribution in [-0.2, 0) is 23.4 Å². The molecule has 5 atom stereocenters. The number of nitrogens with zero attached hydrogens (tertiary/aromatic N) is 4. The van der Waals surface area contributed by atoms with E-state index in [0.29, 0.717) is 17.6 Å². The van der Waals surface area contributed by atoms with Crippen molar-refractivity contribution in [2.75, 3.05) is 18.9 Å². The van der Waals surface area contributed by atoms with Gasteiger partial charge in [-0.2, -0.15) is 19.4 Å². The molecule has 0 aliphatic carbocycles. The number of aliphatic hydroxyl groups is 1. The van der Waals surface area contributed by atoms with E-state index in [1.165, 1.54) is 10.9 Å². The maximum absolute atomic E-state index is 14.5. The van der Waals surface area contributed by atoms with Crippen molar-refractivity contribution < 1.29 is 37.4 Å². The number of aromatic nitrogens is 4. The van der Waals surface area contributed by atoms with E-state index in [1.54, 1.807) is 12.1 Å². The van der Waals surface area contributed by atoms with E-state index in [0.717, 1.165) is 24.6 Å². The third-order valence-electron chi connectivity index (χ3n) is 7.56. The molecule has 2 aromatic heterocycles. The number of imidazole rings is 1. The largest absolute Gasteiger partial charge is 0.465 e. The van der Waals surface area contributed by atoms with Crippen LogP contribution in [0.4, 0.5) is 10.2 Å². The summed E-state index contributed by atoms with van der Waals surface area (Å²) in [6.07, 6.45) is 0.442. The quantitative estimate of drug-likeness (QED) is 0.0653. The zero-order valence-corrected chi connectivity index (χ0v) is 26.9. The Hall–Kier alpha value is -3.68. The normalized spacial score (nSPS) is 20.3. The fourth-order valence-corrected chi connectivity index (χ4v) is 6.90. The Morgan fingerprint density at radius 3 is 2.78 bits per heavy atom. The Morgan fingerprint density at radius 1 is 1.22 bits per heavy atom. The molecule has 1 aliphatic heterocycles. The summed E-state index contributed by atoms with van der Waals surface area (Å²) in [7, 11) is -4.28. The predicted molar refractivity (Wildman–Crippen MR) is 169 cm³/mol. The van der Waals surface area contributed by atoms with E-state index in [1.807, 2.05) is 44.2 Å². The fourth-order valence-electron chi connectivity index (χ4n) is 5.35. The van der Waals surface area contributed by atoms with Crippen LogP contribution in [0.3, 0.4) is 0 Å². The monoisotopic (exact) mass is 658 g/mol. The van der Waals surface area contributed by atoms with Crippen molar-refractivity contribution in [2.24, 2.45) is 5.92 Å². The minimum atomic E-state index is -4.28. The van der Waals surface area contributed by atoms with E-state index < -0.39 is 44.3 Å². The van der Waals surface area contributed by atoms with Gasteiger partial charge < -0.3 is 24.8 Å². The molecule has 15 heteroatoms. The summed E-state index contributed by atoms with van der Waals surface area (Å²) in [5, 5.41) is 15.3. The van der Waals surface area contributed by atoms with Crippen LogP contribution in [0, 0.1) is 12.0 Å². The number of nitrogens with two attached hydrogens (primary N) is 1. The van der Waals surface area contributed by atoms with Gasteiger partial charge in [0.05, 0.1) is 25.6 Å². The Labute approximate surface area is 266 Å². The van der Waals surface area contributed by atoms with E-state index >= 15 is 0 Å². The summed E-state index contributed by atoms with van der Waals surface area (Å²) in [6, 6.07) is 11.8. The third-order valence-corrected chi connectivity index (χ3v) is 9.11. The average Bonchev–Trinajstić information content (AvgIpc) is 3.60. The smallest absolute Gasteiger partial charge is 0.459 e. The van der Waals surface area contributed by atoms with Gasteiger partial charge in [-0.1, -0.05) is 70.0 Å². The molecule has 0 saturated carbocycles. The number of fused-ring (bicyclic) bond motifs is 2. The molecule has 0 bridgehead atoms. The number of anilines is 1. The molecule has 4 aromatic rings. The van der Waals surface area contributed by atoms with E-state index in [4.69, 9.17) is 24.3 Å². The lowest BCUT2D eigenvalue weighted by Crippen LogP contribution is -2.39.